The first-order chi connectivity index (χ1) is 12.1. The van der Waals surface area contributed by atoms with Crippen molar-refractivity contribution in [2.45, 2.75) is 25.7 Å². The maximum atomic E-state index is 14.0. The van der Waals surface area contributed by atoms with Crippen LogP contribution in [-0.2, 0) is 9.59 Å². The number of likely N-dealkylation sites (tertiary alicyclic amines) is 1. The molecule has 4 rings (SSSR count). The van der Waals surface area contributed by atoms with Crippen LogP contribution in [0, 0.1) is 17.2 Å². The number of nitrogens with one attached hydrogen (secondary N) is 1. The minimum Gasteiger partial charge on any atom is -0.342 e. The molecule has 7 heteroatoms. The average molecular weight is 382 g/mol. The lowest BCUT2D eigenvalue weighted by molar-refractivity contribution is -0.137. The van der Waals surface area contributed by atoms with Crippen LogP contribution in [0.4, 0.5) is 10.1 Å². The molecule has 1 aromatic rings. The first-order valence-electron chi connectivity index (χ1n) is 9.12. The van der Waals surface area contributed by atoms with Crippen molar-refractivity contribution < 1.29 is 14.0 Å². The summed E-state index contributed by atoms with van der Waals surface area (Å²) in [6, 6.07) is 6.25. The standard InChI is InChI=1S/C19H24FN3O2.ClH/c20-15-3-1-2-4-16(15)23-12-14(11-17(23)24)18(25)22-9-6-19(7-10-22)5-8-21-13-19;/h1-4,14,21H,5-13H2;1H. The number of anilines is 1. The van der Waals surface area contributed by atoms with Gasteiger partial charge in [-0.25, -0.2) is 4.39 Å². The number of halogens is 2. The van der Waals surface area contributed by atoms with Crippen molar-refractivity contribution in [3.8, 4) is 0 Å². The van der Waals surface area contributed by atoms with E-state index in [9.17, 15) is 14.0 Å². The monoisotopic (exact) mass is 381 g/mol. The van der Waals surface area contributed by atoms with Crippen molar-refractivity contribution in [2.24, 2.45) is 11.3 Å². The molecule has 142 valence electrons. The number of hydrogen-bond donors (Lipinski definition) is 1. The Bertz CT molecular complexity index is 683. The van der Waals surface area contributed by atoms with Crippen molar-refractivity contribution in [2.75, 3.05) is 37.6 Å². The Morgan fingerprint density at radius 2 is 1.92 bits per heavy atom. The second-order valence-corrected chi connectivity index (χ2v) is 7.61. The van der Waals surface area contributed by atoms with Crippen LogP contribution in [0.2, 0.25) is 0 Å². The zero-order valence-electron chi connectivity index (χ0n) is 14.7. The quantitative estimate of drug-likeness (QED) is 0.854. The zero-order chi connectivity index (χ0) is 17.4. The second kappa shape index (κ2) is 7.53. The maximum absolute atomic E-state index is 14.0. The van der Waals surface area contributed by atoms with E-state index in [1.165, 1.54) is 17.4 Å². The third-order valence-corrected chi connectivity index (χ3v) is 6.09. The third kappa shape index (κ3) is 3.45. The fourth-order valence-corrected chi connectivity index (χ4v) is 4.46. The molecule has 1 atom stereocenters. The van der Waals surface area contributed by atoms with E-state index in [0.717, 1.165) is 39.0 Å². The normalized spacial score (nSPS) is 24.8. The lowest BCUT2D eigenvalue weighted by Gasteiger charge is -2.39. The summed E-state index contributed by atoms with van der Waals surface area (Å²) in [7, 11) is 0. The van der Waals surface area contributed by atoms with Gasteiger partial charge in [0.05, 0.1) is 11.6 Å². The summed E-state index contributed by atoms with van der Waals surface area (Å²) >= 11 is 0. The smallest absolute Gasteiger partial charge is 0.228 e. The number of carbonyl (C=O) groups is 2. The molecule has 1 aromatic carbocycles. The molecule has 0 aliphatic carbocycles. The molecule has 0 aromatic heterocycles. The van der Waals surface area contributed by atoms with Gasteiger partial charge in [-0.15, -0.1) is 12.4 Å². The zero-order valence-corrected chi connectivity index (χ0v) is 15.6. The van der Waals surface area contributed by atoms with Gasteiger partial charge in [-0.05, 0) is 43.4 Å². The highest BCUT2D eigenvalue weighted by molar-refractivity contribution is 6.00. The van der Waals surface area contributed by atoms with E-state index in [-0.39, 0.29) is 48.8 Å². The first kappa shape index (κ1) is 19.1. The molecule has 3 aliphatic rings. The van der Waals surface area contributed by atoms with Crippen LogP contribution in [-0.4, -0.2) is 49.4 Å². The number of amides is 2. The highest BCUT2D eigenvalue weighted by Gasteiger charge is 2.42. The van der Waals surface area contributed by atoms with Crippen molar-refractivity contribution in [1.82, 2.24) is 10.2 Å². The van der Waals surface area contributed by atoms with Crippen LogP contribution >= 0.6 is 12.4 Å². The summed E-state index contributed by atoms with van der Waals surface area (Å²) in [4.78, 5) is 28.5. The van der Waals surface area contributed by atoms with Gasteiger partial charge in [0, 0.05) is 32.6 Å². The van der Waals surface area contributed by atoms with E-state index in [1.54, 1.807) is 18.2 Å². The van der Waals surface area contributed by atoms with Crippen LogP contribution in [0.3, 0.4) is 0 Å². The third-order valence-electron chi connectivity index (χ3n) is 6.09. The highest BCUT2D eigenvalue weighted by Crippen LogP contribution is 2.38. The molecule has 0 saturated carbocycles. The van der Waals surface area contributed by atoms with Crippen LogP contribution in [0.25, 0.3) is 0 Å². The SMILES string of the molecule is Cl.O=C(C1CC(=O)N(c2ccccc2F)C1)N1CCC2(CCNC2)CC1. The van der Waals surface area contributed by atoms with Gasteiger partial charge in [-0.1, -0.05) is 12.1 Å². The summed E-state index contributed by atoms with van der Waals surface area (Å²) in [5, 5.41) is 3.43. The molecular weight excluding hydrogens is 357 g/mol. The number of rotatable bonds is 2. The number of para-hydroxylation sites is 1. The van der Waals surface area contributed by atoms with E-state index in [1.807, 2.05) is 4.90 Å². The molecule has 26 heavy (non-hydrogen) atoms. The van der Waals surface area contributed by atoms with Gasteiger partial charge in [-0.3, -0.25) is 9.59 Å². The number of piperidine rings is 1. The Balaban J connectivity index is 0.00000196. The molecule has 0 radical (unpaired) electrons. The Labute approximate surface area is 159 Å². The van der Waals surface area contributed by atoms with Gasteiger partial charge in [-0.2, -0.15) is 0 Å². The molecule has 1 unspecified atom stereocenters. The summed E-state index contributed by atoms with van der Waals surface area (Å²) in [5.74, 6) is -0.898. The number of hydrogen-bond acceptors (Lipinski definition) is 3. The van der Waals surface area contributed by atoms with Gasteiger partial charge in [0.15, 0.2) is 0 Å². The second-order valence-electron chi connectivity index (χ2n) is 7.61. The van der Waals surface area contributed by atoms with Crippen molar-refractivity contribution in [3.05, 3.63) is 30.1 Å². The summed E-state index contributed by atoms with van der Waals surface area (Å²) in [6.45, 7) is 3.94. The van der Waals surface area contributed by atoms with Crippen LogP contribution < -0.4 is 10.2 Å². The number of carbonyl (C=O) groups excluding carboxylic acids is 2. The Hall–Kier alpha value is -1.66. The van der Waals surface area contributed by atoms with E-state index in [4.69, 9.17) is 0 Å². The van der Waals surface area contributed by atoms with E-state index < -0.39 is 5.82 Å². The predicted molar refractivity (Wildman–Crippen MR) is 99.8 cm³/mol. The molecular formula is C19H25ClFN3O2. The fraction of sp³-hybridized carbons (Fsp3) is 0.579. The van der Waals surface area contributed by atoms with Gasteiger partial charge in [0.2, 0.25) is 11.8 Å². The Morgan fingerprint density at radius 3 is 2.58 bits per heavy atom. The summed E-state index contributed by atoms with van der Waals surface area (Å²) in [6.07, 6.45) is 3.43. The first-order valence-corrected chi connectivity index (χ1v) is 9.12. The maximum Gasteiger partial charge on any atom is 0.228 e. The largest absolute Gasteiger partial charge is 0.342 e. The molecule has 0 bridgehead atoms. The van der Waals surface area contributed by atoms with Crippen molar-refractivity contribution in [3.63, 3.8) is 0 Å². The Morgan fingerprint density at radius 1 is 1.19 bits per heavy atom. The van der Waals surface area contributed by atoms with Crippen LogP contribution in [0.1, 0.15) is 25.7 Å². The highest BCUT2D eigenvalue weighted by atomic mass is 35.5. The minimum absolute atomic E-state index is 0. The van der Waals surface area contributed by atoms with Crippen LogP contribution in [0.5, 0.6) is 0 Å². The average Bonchev–Trinajstić information content (AvgIpc) is 3.23. The minimum atomic E-state index is -0.419. The fourth-order valence-electron chi connectivity index (χ4n) is 4.46. The lowest BCUT2D eigenvalue weighted by Crippen LogP contribution is -2.46. The topological polar surface area (TPSA) is 52.7 Å². The molecule has 5 nitrogen and oxygen atoms in total. The van der Waals surface area contributed by atoms with Gasteiger partial charge < -0.3 is 15.1 Å². The molecule has 2 amide bonds. The number of benzene rings is 1. The van der Waals surface area contributed by atoms with Gasteiger partial charge in [0.25, 0.3) is 0 Å². The molecule has 1 N–H and O–H groups in total. The van der Waals surface area contributed by atoms with Gasteiger partial charge >= 0.3 is 0 Å². The van der Waals surface area contributed by atoms with Gasteiger partial charge in [0.1, 0.15) is 5.82 Å². The van der Waals surface area contributed by atoms with E-state index in [0.29, 0.717) is 5.41 Å². The molecule has 3 saturated heterocycles. The molecule has 3 heterocycles. The molecule has 3 fully saturated rings. The number of nitrogens with zero attached hydrogens (tertiary/aromatic N) is 2. The van der Waals surface area contributed by atoms with E-state index in [2.05, 4.69) is 5.32 Å². The van der Waals surface area contributed by atoms with Crippen LogP contribution in [0.15, 0.2) is 24.3 Å². The molecule has 3 aliphatic heterocycles. The summed E-state index contributed by atoms with van der Waals surface area (Å²) < 4.78 is 14.0. The Kier molecular flexibility index (Phi) is 5.53. The van der Waals surface area contributed by atoms with Crippen molar-refractivity contribution in [1.29, 1.82) is 0 Å². The predicted octanol–water partition coefficient (Wildman–Crippen LogP) is 2.20. The molecule has 1 spiro atoms. The van der Waals surface area contributed by atoms with Crippen molar-refractivity contribution >= 4 is 29.9 Å². The summed E-state index contributed by atoms with van der Waals surface area (Å²) in [5.41, 5.74) is 0.638. The lowest BCUT2D eigenvalue weighted by atomic mass is 9.77. The van der Waals surface area contributed by atoms with E-state index >= 15 is 0 Å².